The van der Waals surface area contributed by atoms with Crippen LogP contribution in [0.3, 0.4) is 0 Å². The average molecular weight is 388 g/mol. The number of hydrogen-bond donors (Lipinski definition) is 1. The first-order valence-electron chi connectivity index (χ1n) is 6.97. The Hall–Kier alpha value is 0.683. The molecule has 0 radical (unpaired) electrons. The summed E-state index contributed by atoms with van der Waals surface area (Å²) in [5.74, 6) is 0. The molecule has 0 saturated carbocycles. The van der Waals surface area contributed by atoms with Gasteiger partial charge in [-0.15, -0.1) is 24.4 Å². The zero-order valence-electron chi connectivity index (χ0n) is 15.5. The first-order chi connectivity index (χ1) is 8.66. The van der Waals surface area contributed by atoms with Gasteiger partial charge in [-0.2, -0.15) is 0 Å². The fraction of sp³-hybridized carbons (Fsp3) is 1.00. The van der Waals surface area contributed by atoms with Crippen LogP contribution in [-0.2, 0) is 26.2 Å². The predicted octanol–water partition coefficient (Wildman–Crippen LogP) is -0.595. The van der Waals surface area contributed by atoms with Crippen molar-refractivity contribution in [3.05, 3.63) is 0 Å². The first-order valence-corrected chi connectivity index (χ1v) is 6.97. The van der Waals surface area contributed by atoms with E-state index in [1.165, 1.54) is 0 Å². The van der Waals surface area contributed by atoms with Crippen molar-refractivity contribution < 1.29 is 51.7 Å². The Balaban J connectivity index is -0.0000000331. The van der Waals surface area contributed by atoms with E-state index in [-0.39, 0.29) is 32.3 Å². The number of aliphatic hydroxyl groups excluding tert-OH is 1. The van der Waals surface area contributed by atoms with Crippen molar-refractivity contribution >= 4 is 0 Å². The summed E-state index contributed by atoms with van der Waals surface area (Å²) in [6, 6.07) is 0. The molecule has 6 heteroatoms. The van der Waals surface area contributed by atoms with Gasteiger partial charge in [0.25, 0.3) is 0 Å². The summed E-state index contributed by atoms with van der Waals surface area (Å²) < 4.78 is 0. The van der Waals surface area contributed by atoms with Crippen molar-refractivity contribution in [2.24, 2.45) is 0 Å². The van der Waals surface area contributed by atoms with Crippen LogP contribution in [0.15, 0.2) is 0 Å². The van der Waals surface area contributed by atoms with Crippen LogP contribution >= 0.6 is 0 Å². The van der Waals surface area contributed by atoms with Gasteiger partial charge in [-0.3, -0.25) is 0 Å². The molecule has 0 bridgehead atoms. The number of hydrogen-bond acceptors (Lipinski definition) is 5. The van der Waals surface area contributed by atoms with Crippen molar-refractivity contribution in [2.75, 3.05) is 0 Å². The van der Waals surface area contributed by atoms with E-state index in [0.717, 1.165) is 0 Å². The Morgan fingerprint density at radius 3 is 0.476 bits per heavy atom. The predicted molar refractivity (Wildman–Crippen MR) is 77.9 cm³/mol. The molecule has 0 aromatic carbocycles. The fourth-order valence-electron chi connectivity index (χ4n) is 0. The average Bonchev–Trinajstić information content (AvgIpc) is 1.94. The van der Waals surface area contributed by atoms with Crippen LogP contribution in [0, 0.1) is 0 Å². The molecule has 0 unspecified atom stereocenters. The largest absolute Gasteiger partial charge is 4.00 e. The molecule has 0 aromatic heterocycles. The van der Waals surface area contributed by atoms with E-state index in [9.17, 15) is 20.4 Å². The molecule has 0 heterocycles. The summed E-state index contributed by atoms with van der Waals surface area (Å²) in [4.78, 5) is 0. The Morgan fingerprint density at radius 2 is 0.476 bits per heavy atom. The summed E-state index contributed by atoms with van der Waals surface area (Å²) in [6.07, 6.45) is -1.83. The van der Waals surface area contributed by atoms with Gasteiger partial charge < -0.3 is 25.5 Å². The van der Waals surface area contributed by atoms with E-state index in [1.54, 1.807) is 69.2 Å². The fourth-order valence-corrected chi connectivity index (χ4v) is 0. The summed E-state index contributed by atoms with van der Waals surface area (Å²) >= 11 is 0. The second-order valence-electron chi connectivity index (χ2n) is 5.29. The molecule has 0 atom stereocenters. The minimum absolute atomic E-state index is 0. The SMILES string of the molecule is CC(C)O.CC(C)[O-].CC(C)[O-].CC(C)[O-].CC(C)[O-].[Zr+4]. The molecule has 5 nitrogen and oxygen atoms in total. The van der Waals surface area contributed by atoms with Crippen molar-refractivity contribution in [3.8, 4) is 0 Å². The normalized spacial score (nSPS) is 8.57. The van der Waals surface area contributed by atoms with E-state index in [2.05, 4.69) is 0 Å². The molecular weight excluding hydrogens is 351 g/mol. The summed E-state index contributed by atoms with van der Waals surface area (Å²) in [7, 11) is 0. The molecule has 21 heavy (non-hydrogen) atoms. The van der Waals surface area contributed by atoms with Gasteiger partial charge in [0.05, 0.1) is 0 Å². The minimum Gasteiger partial charge on any atom is -0.852 e. The maximum Gasteiger partial charge on any atom is 4.00 e. The third kappa shape index (κ3) is 15500. The third-order valence-corrected chi connectivity index (χ3v) is 0. The smallest absolute Gasteiger partial charge is 0.852 e. The van der Waals surface area contributed by atoms with E-state index < -0.39 is 24.4 Å². The van der Waals surface area contributed by atoms with Gasteiger partial charge in [0, 0.05) is 6.10 Å². The molecule has 0 amide bonds. The van der Waals surface area contributed by atoms with Crippen LogP contribution < -0.4 is 20.4 Å². The van der Waals surface area contributed by atoms with Crippen molar-refractivity contribution in [1.29, 1.82) is 0 Å². The topological polar surface area (TPSA) is 112 Å². The molecule has 130 valence electrons. The van der Waals surface area contributed by atoms with Crippen LogP contribution in [0.5, 0.6) is 0 Å². The van der Waals surface area contributed by atoms with Gasteiger partial charge in [0.2, 0.25) is 0 Å². The van der Waals surface area contributed by atoms with Crippen molar-refractivity contribution in [2.45, 2.75) is 99.8 Å². The van der Waals surface area contributed by atoms with Gasteiger partial charge in [-0.05, 0) is 13.8 Å². The van der Waals surface area contributed by atoms with Gasteiger partial charge in [0.1, 0.15) is 0 Å². The van der Waals surface area contributed by atoms with Gasteiger partial charge in [0.15, 0.2) is 0 Å². The van der Waals surface area contributed by atoms with Crippen LogP contribution in [0.4, 0.5) is 0 Å². The molecule has 0 saturated heterocycles. The Kier molecular flexibility index (Phi) is 58.5. The van der Waals surface area contributed by atoms with Crippen LogP contribution in [-0.4, -0.2) is 35.6 Å². The summed E-state index contributed by atoms with van der Waals surface area (Å²) in [5, 5.41) is 46.2. The Bertz CT molecular complexity index is 80.6. The molecule has 0 aliphatic heterocycles. The molecule has 0 aromatic rings. The van der Waals surface area contributed by atoms with Crippen molar-refractivity contribution in [3.63, 3.8) is 0 Å². The molecule has 0 rings (SSSR count). The second kappa shape index (κ2) is 32.6. The van der Waals surface area contributed by atoms with Crippen LogP contribution in [0.1, 0.15) is 69.2 Å². The van der Waals surface area contributed by atoms with Crippen molar-refractivity contribution in [1.82, 2.24) is 0 Å². The van der Waals surface area contributed by atoms with Crippen LogP contribution in [0.2, 0.25) is 0 Å². The molecule has 1 N–H and O–H groups in total. The summed E-state index contributed by atoms with van der Waals surface area (Å²) in [5.41, 5.74) is 0. The third-order valence-electron chi connectivity index (χ3n) is 0. The number of aliphatic hydroxyl groups is 1. The number of rotatable bonds is 0. The molecular formula is C15H36O5Zr. The Labute approximate surface area is 151 Å². The van der Waals surface area contributed by atoms with E-state index in [1.807, 2.05) is 0 Å². The van der Waals surface area contributed by atoms with Crippen LogP contribution in [0.25, 0.3) is 0 Å². The summed E-state index contributed by atoms with van der Waals surface area (Å²) in [6.45, 7) is 16.3. The molecule has 0 spiro atoms. The standard InChI is InChI=1S/C3H8O.4C3H7O.Zr/c5*1-3(2)4;/h3-4H,1-2H3;4*3H,1-2H3;/q;4*-1;+4. The molecule has 0 aliphatic carbocycles. The quantitative estimate of drug-likeness (QED) is 0.597. The maximum atomic E-state index is 9.53. The minimum atomic E-state index is -0.417. The first kappa shape index (κ1) is 37.7. The van der Waals surface area contributed by atoms with E-state index in [0.29, 0.717) is 0 Å². The van der Waals surface area contributed by atoms with Gasteiger partial charge in [-0.25, -0.2) is 0 Å². The molecule has 0 aliphatic rings. The van der Waals surface area contributed by atoms with E-state index >= 15 is 0 Å². The van der Waals surface area contributed by atoms with Gasteiger partial charge >= 0.3 is 26.2 Å². The zero-order valence-corrected chi connectivity index (χ0v) is 17.9. The molecule has 0 fully saturated rings. The van der Waals surface area contributed by atoms with Gasteiger partial charge in [-0.1, -0.05) is 55.4 Å². The van der Waals surface area contributed by atoms with E-state index in [4.69, 9.17) is 5.11 Å². The maximum absolute atomic E-state index is 9.53. The second-order valence-corrected chi connectivity index (χ2v) is 5.29. The Morgan fingerprint density at radius 1 is 0.476 bits per heavy atom. The zero-order chi connectivity index (χ0) is 17.9. The monoisotopic (exact) mass is 386 g/mol.